The molecule has 28 heavy (non-hydrogen) atoms. The summed E-state index contributed by atoms with van der Waals surface area (Å²) < 4.78 is 1.59. The van der Waals surface area contributed by atoms with Crippen LogP contribution in [0.25, 0.3) is 5.65 Å². The van der Waals surface area contributed by atoms with E-state index in [1.165, 1.54) is 6.20 Å². The van der Waals surface area contributed by atoms with Crippen LogP contribution in [0, 0.1) is 19.8 Å². The molecule has 0 aliphatic heterocycles. The van der Waals surface area contributed by atoms with Gasteiger partial charge in [0.1, 0.15) is 5.56 Å². The molecule has 2 amide bonds. The highest BCUT2D eigenvalue weighted by atomic mass is 16.2. The Hall–Kier alpha value is -3.22. The second kappa shape index (κ2) is 7.42. The van der Waals surface area contributed by atoms with Gasteiger partial charge < -0.3 is 10.6 Å². The fourth-order valence-corrected chi connectivity index (χ4v) is 3.61. The molecule has 4 rings (SSSR count). The van der Waals surface area contributed by atoms with Crippen molar-refractivity contribution in [3.8, 4) is 0 Å². The number of carbonyl (C=O) groups excluding carboxylic acids is 2. The zero-order valence-corrected chi connectivity index (χ0v) is 16.0. The number of carbonyl (C=O) groups is 2. The van der Waals surface area contributed by atoms with E-state index in [2.05, 4.69) is 20.7 Å². The van der Waals surface area contributed by atoms with Crippen LogP contribution in [-0.2, 0) is 4.79 Å². The lowest BCUT2D eigenvalue weighted by Crippen LogP contribution is -2.22. The molecule has 0 unspecified atom stereocenters. The van der Waals surface area contributed by atoms with Gasteiger partial charge in [-0.3, -0.25) is 9.59 Å². The third-order valence-electron chi connectivity index (χ3n) is 5.14. The number of rotatable bonds is 4. The standard InChI is InChI=1S/C21H23N5O2/c1-13-7-8-17(24-20(27)15-5-3-4-6-15)18(9-13)25-21(28)16-11-23-26-12-14(2)10-22-19(16)26/h7-12,15H,3-6H2,1-2H3,(H,24,27)(H,25,28). The summed E-state index contributed by atoms with van der Waals surface area (Å²) in [4.78, 5) is 29.7. The molecule has 7 heteroatoms. The molecular formula is C21H23N5O2. The number of aromatic nitrogens is 3. The van der Waals surface area contributed by atoms with Crippen molar-refractivity contribution in [3.63, 3.8) is 0 Å². The Morgan fingerprint density at radius 3 is 2.61 bits per heavy atom. The first kappa shape index (κ1) is 18.2. The summed E-state index contributed by atoms with van der Waals surface area (Å²) in [5.74, 6) is -0.241. The fraction of sp³-hybridized carbons (Fsp3) is 0.333. The van der Waals surface area contributed by atoms with Gasteiger partial charge in [-0.25, -0.2) is 9.50 Å². The molecule has 1 saturated carbocycles. The van der Waals surface area contributed by atoms with E-state index in [1.807, 2.05) is 38.2 Å². The van der Waals surface area contributed by atoms with E-state index in [-0.39, 0.29) is 17.7 Å². The van der Waals surface area contributed by atoms with E-state index >= 15 is 0 Å². The Bertz CT molecular complexity index is 1050. The smallest absolute Gasteiger partial charge is 0.261 e. The molecule has 2 N–H and O–H groups in total. The van der Waals surface area contributed by atoms with E-state index < -0.39 is 0 Å². The Balaban J connectivity index is 1.58. The number of hydrogen-bond acceptors (Lipinski definition) is 4. The number of anilines is 2. The Labute approximate surface area is 163 Å². The molecule has 1 aliphatic rings. The molecule has 7 nitrogen and oxygen atoms in total. The maximum absolute atomic E-state index is 12.9. The number of benzene rings is 1. The number of nitrogens with zero attached hydrogens (tertiary/aromatic N) is 3. The van der Waals surface area contributed by atoms with E-state index in [4.69, 9.17) is 0 Å². The fourth-order valence-electron chi connectivity index (χ4n) is 3.61. The molecule has 144 valence electrons. The van der Waals surface area contributed by atoms with Crippen molar-refractivity contribution in [2.45, 2.75) is 39.5 Å². The molecule has 3 aromatic rings. The number of hydrogen-bond donors (Lipinski definition) is 2. The minimum absolute atomic E-state index is 0.0185. The first-order valence-corrected chi connectivity index (χ1v) is 9.54. The molecule has 0 saturated heterocycles. The topological polar surface area (TPSA) is 88.4 Å². The molecule has 0 bridgehead atoms. The Morgan fingerprint density at radius 2 is 1.82 bits per heavy atom. The second-order valence-corrected chi connectivity index (χ2v) is 7.43. The quantitative estimate of drug-likeness (QED) is 0.725. The summed E-state index contributed by atoms with van der Waals surface area (Å²) in [6, 6.07) is 5.60. The molecule has 1 fully saturated rings. The summed E-state index contributed by atoms with van der Waals surface area (Å²) in [5.41, 5.74) is 4.00. The lowest BCUT2D eigenvalue weighted by atomic mass is 10.1. The Morgan fingerprint density at radius 1 is 1.04 bits per heavy atom. The predicted molar refractivity (Wildman–Crippen MR) is 107 cm³/mol. The minimum Gasteiger partial charge on any atom is -0.324 e. The monoisotopic (exact) mass is 377 g/mol. The highest BCUT2D eigenvalue weighted by Gasteiger charge is 2.24. The van der Waals surface area contributed by atoms with Gasteiger partial charge >= 0.3 is 0 Å². The van der Waals surface area contributed by atoms with Crippen LogP contribution < -0.4 is 10.6 Å². The average Bonchev–Trinajstić information content (AvgIpc) is 3.33. The van der Waals surface area contributed by atoms with Crippen LogP contribution in [0.1, 0.15) is 47.2 Å². The van der Waals surface area contributed by atoms with Gasteiger partial charge in [-0.05, 0) is 49.9 Å². The molecule has 2 heterocycles. The molecule has 1 aromatic carbocycles. The highest BCUT2D eigenvalue weighted by molar-refractivity contribution is 6.10. The summed E-state index contributed by atoms with van der Waals surface area (Å²) in [7, 11) is 0. The van der Waals surface area contributed by atoms with Gasteiger partial charge in [0.25, 0.3) is 5.91 Å². The third kappa shape index (κ3) is 3.60. The SMILES string of the molecule is Cc1ccc(NC(=O)C2CCCC2)c(NC(=O)c2cnn3cc(C)cnc23)c1. The van der Waals surface area contributed by atoms with Crippen LogP contribution in [0.5, 0.6) is 0 Å². The van der Waals surface area contributed by atoms with Gasteiger partial charge in [0, 0.05) is 18.3 Å². The van der Waals surface area contributed by atoms with Crippen LogP contribution >= 0.6 is 0 Å². The zero-order chi connectivity index (χ0) is 19.7. The van der Waals surface area contributed by atoms with Crippen molar-refractivity contribution in [3.05, 3.63) is 53.5 Å². The van der Waals surface area contributed by atoms with Crippen molar-refractivity contribution < 1.29 is 9.59 Å². The first-order valence-electron chi connectivity index (χ1n) is 9.54. The summed E-state index contributed by atoms with van der Waals surface area (Å²) in [5, 5.41) is 10.1. The van der Waals surface area contributed by atoms with Crippen molar-refractivity contribution in [1.82, 2.24) is 14.6 Å². The van der Waals surface area contributed by atoms with Gasteiger partial charge in [0.15, 0.2) is 5.65 Å². The number of amides is 2. The summed E-state index contributed by atoms with van der Waals surface area (Å²) in [6.07, 6.45) is 9.06. The molecule has 2 aromatic heterocycles. The third-order valence-corrected chi connectivity index (χ3v) is 5.14. The number of nitrogens with one attached hydrogen (secondary N) is 2. The van der Waals surface area contributed by atoms with Gasteiger partial charge in [0.2, 0.25) is 5.91 Å². The number of aryl methyl sites for hydroxylation is 2. The highest BCUT2D eigenvalue weighted by Crippen LogP contribution is 2.29. The van der Waals surface area contributed by atoms with E-state index in [0.29, 0.717) is 22.6 Å². The van der Waals surface area contributed by atoms with Crippen LogP contribution in [0.2, 0.25) is 0 Å². The zero-order valence-electron chi connectivity index (χ0n) is 16.0. The molecule has 0 radical (unpaired) electrons. The molecule has 1 aliphatic carbocycles. The minimum atomic E-state index is -0.312. The largest absolute Gasteiger partial charge is 0.324 e. The van der Waals surface area contributed by atoms with Gasteiger partial charge in [0.05, 0.1) is 17.6 Å². The van der Waals surface area contributed by atoms with Gasteiger partial charge in [-0.15, -0.1) is 0 Å². The van der Waals surface area contributed by atoms with Gasteiger partial charge in [-0.2, -0.15) is 5.10 Å². The van der Waals surface area contributed by atoms with Crippen LogP contribution in [-0.4, -0.2) is 26.4 Å². The van der Waals surface area contributed by atoms with Crippen molar-refractivity contribution in [2.24, 2.45) is 5.92 Å². The summed E-state index contributed by atoms with van der Waals surface area (Å²) in [6.45, 7) is 3.86. The maximum Gasteiger partial charge on any atom is 0.261 e. The van der Waals surface area contributed by atoms with Gasteiger partial charge in [-0.1, -0.05) is 18.9 Å². The molecule has 0 spiro atoms. The van der Waals surface area contributed by atoms with Crippen LogP contribution in [0.15, 0.2) is 36.8 Å². The van der Waals surface area contributed by atoms with E-state index in [1.54, 1.807) is 10.7 Å². The van der Waals surface area contributed by atoms with Crippen molar-refractivity contribution >= 4 is 28.8 Å². The van der Waals surface area contributed by atoms with E-state index in [0.717, 1.165) is 36.8 Å². The van der Waals surface area contributed by atoms with E-state index in [9.17, 15) is 9.59 Å². The normalized spacial score (nSPS) is 14.4. The second-order valence-electron chi connectivity index (χ2n) is 7.43. The summed E-state index contributed by atoms with van der Waals surface area (Å²) >= 11 is 0. The number of fused-ring (bicyclic) bond motifs is 1. The lowest BCUT2D eigenvalue weighted by molar-refractivity contribution is -0.119. The van der Waals surface area contributed by atoms with Crippen molar-refractivity contribution in [2.75, 3.05) is 10.6 Å². The molecule has 0 atom stereocenters. The molecular weight excluding hydrogens is 354 g/mol. The first-order chi connectivity index (χ1) is 13.5. The van der Waals surface area contributed by atoms with Crippen molar-refractivity contribution in [1.29, 1.82) is 0 Å². The lowest BCUT2D eigenvalue weighted by Gasteiger charge is -2.15. The predicted octanol–water partition coefficient (Wildman–Crippen LogP) is 3.73. The maximum atomic E-state index is 12.9. The van der Waals surface area contributed by atoms with Crippen LogP contribution in [0.3, 0.4) is 0 Å². The average molecular weight is 377 g/mol. The Kier molecular flexibility index (Phi) is 4.81. The van der Waals surface area contributed by atoms with Crippen LogP contribution in [0.4, 0.5) is 11.4 Å².